The van der Waals surface area contributed by atoms with Crippen molar-refractivity contribution in [2.45, 2.75) is 18.7 Å². The minimum atomic E-state index is -0.141. The normalized spacial score (nSPS) is 10.4. The molecular weight excluding hydrogens is 368 g/mol. The molecular formula is C23H22N2O2S. The van der Waals surface area contributed by atoms with Crippen LogP contribution < -0.4 is 10.6 Å². The largest absolute Gasteiger partial charge is 0.325 e. The minimum Gasteiger partial charge on any atom is -0.325 e. The number of carbonyl (C=O) groups excluding carboxylic acids is 2. The van der Waals surface area contributed by atoms with Gasteiger partial charge >= 0.3 is 0 Å². The summed E-state index contributed by atoms with van der Waals surface area (Å²) in [5, 5.41) is 5.82. The quantitative estimate of drug-likeness (QED) is 0.563. The highest BCUT2D eigenvalue weighted by Crippen LogP contribution is 2.23. The van der Waals surface area contributed by atoms with Crippen LogP contribution in [0, 0.1) is 13.8 Å². The van der Waals surface area contributed by atoms with Gasteiger partial charge in [0.1, 0.15) is 0 Å². The molecule has 2 N–H and O–H groups in total. The lowest BCUT2D eigenvalue weighted by Gasteiger charge is -2.09. The van der Waals surface area contributed by atoms with Gasteiger partial charge in [0.15, 0.2) is 0 Å². The SMILES string of the molecule is Cc1cccc(NC(=O)CSc2cccc(NC(=O)c3ccccc3C)c2)c1. The number of benzene rings is 3. The summed E-state index contributed by atoms with van der Waals surface area (Å²) in [4.78, 5) is 25.6. The van der Waals surface area contributed by atoms with E-state index in [2.05, 4.69) is 10.6 Å². The van der Waals surface area contributed by atoms with Crippen molar-refractivity contribution in [2.24, 2.45) is 0 Å². The van der Waals surface area contributed by atoms with Crippen LogP contribution in [-0.4, -0.2) is 17.6 Å². The number of aryl methyl sites for hydroxylation is 2. The molecule has 142 valence electrons. The van der Waals surface area contributed by atoms with Gasteiger partial charge in [-0.2, -0.15) is 0 Å². The second-order valence-corrected chi connectivity index (χ2v) is 7.55. The van der Waals surface area contributed by atoms with E-state index >= 15 is 0 Å². The van der Waals surface area contributed by atoms with Gasteiger partial charge in [-0.05, 0) is 61.4 Å². The van der Waals surface area contributed by atoms with Gasteiger partial charge in [0.25, 0.3) is 5.91 Å². The molecule has 3 aromatic rings. The third-order valence-electron chi connectivity index (χ3n) is 4.15. The summed E-state index contributed by atoms with van der Waals surface area (Å²) >= 11 is 1.43. The van der Waals surface area contributed by atoms with E-state index in [4.69, 9.17) is 0 Å². The Morgan fingerprint density at radius 3 is 2.29 bits per heavy atom. The fourth-order valence-electron chi connectivity index (χ4n) is 2.76. The zero-order valence-electron chi connectivity index (χ0n) is 15.9. The third-order valence-corrected chi connectivity index (χ3v) is 5.15. The van der Waals surface area contributed by atoms with Crippen molar-refractivity contribution in [1.29, 1.82) is 0 Å². The highest BCUT2D eigenvalue weighted by atomic mass is 32.2. The van der Waals surface area contributed by atoms with Crippen molar-refractivity contribution in [3.05, 3.63) is 89.5 Å². The second-order valence-electron chi connectivity index (χ2n) is 6.50. The van der Waals surface area contributed by atoms with Crippen LogP contribution in [0.4, 0.5) is 11.4 Å². The van der Waals surface area contributed by atoms with E-state index in [-0.39, 0.29) is 11.8 Å². The number of hydrogen-bond donors (Lipinski definition) is 2. The zero-order valence-corrected chi connectivity index (χ0v) is 16.7. The molecule has 0 unspecified atom stereocenters. The first-order valence-corrected chi connectivity index (χ1v) is 9.96. The Bertz CT molecular complexity index is 1000. The monoisotopic (exact) mass is 390 g/mol. The summed E-state index contributed by atoms with van der Waals surface area (Å²) in [6.07, 6.45) is 0. The van der Waals surface area contributed by atoms with Crippen molar-refractivity contribution in [3.63, 3.8) is 0 Å². The van der Waals surface area contributed by atoms with Gasteiger partial charge in [-0.25, -0.2) is 0 Å². The van der Waals surface area contributed by atoms with Crippen LogP contribution in [0.15, 0.2) is 77.7 Å². The summed E-state index contributed by atoms with van der Waals surface area (Å²) < 4.78 is 0. The molecule has 0 heterocycles. The molecule has 4 nitrogen and oxygen atoms in total. The Kier molecular flexibility index (Phi) is 6.50. The number of amides is 2. The number of carbonyl (C=O) groups is 2. The van der Waals surface area contributed by atoms with Gasteiger partial charge < -0.3 is 10.6 Å². The van der Waals surface area contributed by atoms with Crippen molar-refractivity contribution in [2.75, 3.05) is 16.4 Å². The van der Waals surface area contributed by atoms with E-state index in [9.17, 15) is 9.59 Å². The fraction of sp³-hybridized carbons (Fsp3) is 0.130. The summed E-state index contributed by atoms with van der Waals surface area (Å²) in [7, 11) is 0. The maximum Gasteiger partial charge on any atom is 0.255 e. The number of hydrogen-bond acceptors (Lipinski definition) is 3. The second kappa shape index (κ2) is 9.24. The van der Waals surface area contributed by atoms with Crippen LogP contribution in [0.3, 0.4) is 0 Å². The van der Waals surface area contributed by atoms with Crippen LogP contribution in [0.25, 0.3) is 0 Å². The van der Waals surface area contributed by atoms with Gasteiger partial charge in [-0.1, -0.05) is 36.4 Å². The van der Waals surface area contributed by atoms with Gasteiger partial charge in [-0.3, -0.25) is 9.59 Å². The van der Waals surface area contributed by atoms with Crippen molar-refractivity contribution < 1.29 is 9.59 Å². The number of nitrogens with one attached hydrogen (secondary N) is 2. The van der Waals surface area contributed by atoms with Crippen LogP contribution in [0.2, 0.25) is 0 Å². The Labute approximate surface area is 169 Å². The molecule has 0 aliphatic heterocycles. The summed E-state index contributed by atoms with van der Waals surface area (Å²) in [5.74, 6) is 0.0887. The Hall–Kier alpha value is -3.05. The van der Waals surface area contributed by atoms with Gasteiger partial charge in [-0.15, -0.1) is 11.8 Å². The highest BCUT2D eigenvalue weighted by Gasteiger charge is 2.09. The van der Waals surface area contributed by atoms with E-state index < -0.39 is 0 Å². The Balaban J connectivity index is 1.58. The topological polar surface area (TPSA) is 58.2 Å². The first-order valence-electron chi connectivity index (χ1n) is 8.97. The molecule has 2 amide bonds. The lowest BCUT2D eigenvalue weighted by molar-refractivity contribution is -0.113. The predicted octanol–water partition coefficient (Wildman–Crippen LogP) is 5.29. The molecule has 0 bridgehead atoms. The van der Waals surface area contributed by atoms with E-state index in [0.717, 1.165) is 21.7 Å². The van der Waals surface area contributed by atoms with Crippen LogP contribution >= 0.6 is 11.8 Å². The van der Waals surface area contributed by atoms with Crippen molar-refractivity contribution >= 4 is 35.0 Å². The molecule has 0 atom stereocenters. The van der Waals surface area contributed by atoms with E-state index in [1.54, 1.807) is 6.07 Å². The molecule has 0 saturated heterocycles. The maximum atomic E-state index is 12.5. The molecule has 0 spiro atoms. The molecule has 0 fully saturated rings. The lowest BCUT2D eigenvalue weighted by Crippen LogP contribution is -2.14. The maximum absolute atomic E-state index is 12.5. The smallest absolute Gasteiger partial charge is 0.255 e. The van der Waals surface area contributed by atoms with Gasteiger partial charge in [0, 0.05) is 21.8 Å². The van der Waals surface area contributed by atoms with Gasteiger partial charge in [0.05, 0.1) is 5.75 Å². The summed E-state index contributed by atoms with van der Waals surface area (Å²) in [6, 6.07) is 22.7. The Morgan fingerprint density at radius 2 is 1.54 bits per heavy atom. The average Bonchev–Trinajstić information content (AvgIpc) is 2.67. The number of anilines is 2. The molecule has 0 radical (unpaired) electrons. The lowest BCUT2D eigenvalue weighted by atomic mass is 10.1. The first kappa shape index (κ1) is 19.7. The van der Waals surface area contributed by atoms with Crippen LogP contribution in [0.1, 0.15) is 21.5 Å². The molecule has 0 aliphatic rings. The first-order chi connectivity index (χ1) is 13.5. The fourth-order valence-corrected chi connectivity index (χ4v) is 3.51. The molecule has 0 aromatic heterocycles. The third kappa shape index (κ3) is 5.47. The van der Waals surface area contributed by atoms with E-state index in [1.807, 2.05) is 80.6 Å². The number of thioether (sulfide) groups is 1. The molecule has 0 saturated carbocycles. The highest BCUT2D eigenvalue weighted by molar-refractivity contribution is 8.00. The minimum absolute atomic E-state index is 0.0649. The average molecular weight is 391 g/mol. The summed E-state index contributed by atoms with van der Waals surface area (Å²) in [5.41, 5.74) is 4.18. The summed E-state index contributed by atoms with van der Waals surface area (Å²) in [6.45, 7) is 3.90. The van der Waals surface area contributed by atoms with Crippen molar-refractivity contribution in [3.8, 4) is 0 Å². The van der Waals surface area contributed by atoms with Crippen LogP contribution in [-0.2, 0) is 4.79 Å². The Morgan fingerprint density at radius 1 is 0.821 bits per heavy atom. The van der Waals surface area contributed by atoms with Gasteiger partial charge in [0.2, 0.25) is 5.91 Å². The molecule has 0 aliphatic carbocycles. The standard InChI is InChI=1S/C23H22N2O2S/c1-16-7-5-9-18(13-16)24-22(26)15-28-20-11-6-10-19(14-20)25-23(27)21-12-4-3-8-17(21)2/h3-14H,15H2,1-2H3,(H,24,26)(H,25,27). The molecule has 3 rings (SSSR count). The van der Waals surface area contributed by atoms with E-state index in [1.165, 1.54) is 11.8 Å². The van der Waals surface area contributed by atoms with E-state index in [0.29, 0.717) is 17.0 Å². The van der Waals surface area contributed by atoms with Crippen molar-refractivity contribution in [1.82, 2.24) is 0 Å². The predicted molar refractivity (Wildman–Crippen MR) is 116 cm³/mol. The molecule has 3 aromatic carbocycles. The zero-order chi connectivity index (χ0) is 19.9. The molecule has 5 heteroatoms. The van der Waals surface area contributed by atoms with Crippen LogP contribution in [0.5, 0.6) is 0 Å². The molecule has 28 heavy (non-hydrogen) atoms. The number of rotatable bonds is 6.